The Balaban J connectivity index is 1.48. The molecule has 0 radical (unpaired) electrons. The molecule has 2 N–H and O–H groups in total. The number of fused-ring (bicyclic) bond motifs is 1. The number of primary amides is 1. The molecule has 10 nitrogen and oxygen atoms in total. The van der Waals surface area contributed by atoms with E-state index in [-0.39, 0.29) is 48.3 Å². The molecular formula is C20H25N5O5S. The second kappa shape index (κ2) is 8.31. The third-order valence-corrected chi connectivity index (χ3v) is 7.71. The van der Waals surface area contributed by atoms with E-state index in [1.807, 2.05) is 4.68 Å². The van der Waals surface area contributed by atoms with Gasteiger partial charge in [-0.15, -0.1) is 0 Å². The zero-order valence-electron chi connectivity index (χ0n) is 17.3. The minimum absolute atomic E-state index is 0.00312. The van der Waals surface area contributed by atoms with Crippen LogP contribution in [-0.2, 0) is 23.0 Å². The minimum Gasteiger partial charge on any atom is -0.496 e. The van der Waals surface area contributed by atoms with E-state index in [2.05, 4.69) is 5.10 Å². The molecule has 0 unspecified atom stereocenters. The van der Waals surface area contributed by atoms with Crippen molar-refractivity contribution in [3.8, 4) is 5.75 Å². The monoisotopic (exact) mass is 447 g/mol. The molecule has 0 spiro atoms. The molecule has 0 bridgehead atoms. The largest absolute Gasteiger partial charge is 0.496 e. The van der Waals surface area contributed by atoms with Crippen LogP contribution in [-0.4, -0.2) is 72.5 Å². The van der Waals surface area contributed by atoms with Gasteiger partial charge < -0.3 is 15.4 Å². The Bertz CT molecular complexity index is 1120. The molecule has 2 aliphatic rings. The lowest BCUT2D eigenvalue weighted by Crippen LogP contribution is -2.50. The predicted molar refractivity (Wildman–Crippen MR) is 111 cm³/mol. The maximum Gasteiger partial charge on any atom is 0.257 e. The molecular weight excluding hydrogens is 422 g/mol. The van der Waals surface area contributed by atoms with Crippen molar-refractivity contribution in [1.82, 2.24) is 19.0 Å². The third kappa shape index (κ3) is 3.90. The zero-order valence-corrected chi connectivity index (χ0v) is 18.1. The van der Waals surface area contributed by atoms with Crippen LogP contribution < -0.4 is 10.5 Å². The van der Waals surface area contributed by atoms with Crippen LogP contribution in [0.15, 0.2) is 29.3 Å². The maximum atomic E-state index is 13.1. The third-order valence-electron chi connectivity index (χ3n) is 5.81. The topological polar surface area (TPSA) is 128 Å². The smallest absolute Gasteiger partial charge is 0.257 e. The highest BCUT2D eigenvalue weighted by molar-refractivity contribution is 7.89. The standard InChI is InChI=1S/C20H25N5O5S/c1-30-18-6-5-14(12-15(18)19(21)26)31(28,29)24-10-8-23(9-11-24)20(27)16-13-22-25-7-3-2-4-17(16)25/h5-6,12-13H,2-4,7-11H2,1H3,(H2,21,26). The van der Waals surface area contributed by atoms with Gasteiger partial charge in [0.05, 0.1) is 35.0 Å². The van der Waals surface area contributed by atoms with E-state index in [1.54, 1.807) is 11.1 Å². The minimum atomic E-state index is -3.84. The molecule has 4 rings (SSSR count). The molecule has 2 amide bonds. The lowest BCUT2D eigenvalue weighted by molar-refractivity contribution is 0.0696. The Morgan fingerprint density at radius 2 is 1.81 bits per heavy atom. The summed E-state index contributed by atoms with van der Waals surface area (Å²) in [6.07, 6.45) is 4.54. The number of sulfonamides is 1. The van der Waals surface area contributed by atoms with Crippen molar-refractivity contribution < 1.29 is 22.7 Å². The van der Waals surface area contributed by atoms with Crippen LogP contribution in [0.1, 0.15) is 39.3 Å². The van der Waals surface area contributed by atoms with Crippen molar-refractivity contribution in [2.45, 2.75) is 30.7 Å². The molecule has 0 saturated carbocycles. The summed E-state index contributed by atoms with van der Waals surface area (Å²) in [5, 5.41) is 4.32. The predicted octanol–water partition coefficient (Wildman–Crippen LogP) is 0.474. The van der Waals surface area contributed by atoms with Crippen LogP contribution in [0.4, 0.5) is 0 Å². The van der Waals surface area contributed by atoms with Crippen molar-refractivity contribution in [2.24, 2.45) is 5.73 Å². The SMILES string of the molecule is COc1ccc(S(=O)(=O)N2CCN(C(=O)c3cnn4c3CCCC4)CC2)cc1C(N)=O. The van der Waals surface area contributed by atoms with E-state index in [4.69, 9.17) is 10.5 Å². The van der Waals surface area contributed by atoms with Gasteiger partial charge in [0.2, 0.25) is 10.0 Å². The molecule has 0 aliphatic carbocycles. The number of carbonyl (C=O) groups is 2. The number of piperazine rings is 1. The summed E-state index contributed by atoms with van der Waals surface area (Å²) < 4.78 is 34.4. The molecule has 2 aromatic rings. The van der Waals surface area contributed by atoms with Crippen LogP contribution in [0, 0.1) is 0 Å². The number of hydrogen-bond acceptors (Lipinski definition) is 6. The zero-order chi connectivity index (χ0) is 22.2. The van der Waals surface area contributed by atoms with Gasteiger partial charge in [0.25, 0.3) is 11.8 Å². The Morgan fingerprint density at radius 3 is 2.48 bits per heavy atom. The fourth-order valence-corrected chi connectivity index (χ4v) is 5.54. The number of nitrogens with zero attached hydrogens (tertiary/aromatic N) is 4. The van der Waals surface area contributed by atoms with E-state index in [9.17, 15) is 18.0 Å². The average Bonchev–Trinajstić information content (AvgIpc) is 3.22. The van der Waals surface area contributed by atoms with Crippen LogP contribution in [0.3, 0.4) is 0 Å². The van der Waals surface area contributed by atoms with E-state index in [0.29, 0.717) is 5.56 Å². The average molecular weight is 448 g/mol. The summed E-state index contributed by atoms with van der Waals surface area (Å²) in [5.74, 6) is -0.666. The first-order valence-corrected chi connectivity index (χ1v) is 11.6. The first kappa shape index (κ1) is 21.3. The van der Waals surface area contributed by atoms with Crippen LogP contribution in [0.25, 0.3) is 0 Å². The van der Waals surface area contributed by atoms with Crippen molar-refractivity contribution in [1.29, 1.82) is 0 Å². The van der Waals surface area contributed by atoms with Gasteiger partial charge in [-0.2, -0.15) is 9.40 Å². The number of methoxy groups -OCH3 is 1. The molecule has 1 fully saturated rings. The van der Waals surface area contributed by atoms with Crippen molar-refractivity contribution >= 4 is 21.8 Å². The lowest BCUT2D eigenvalue weighted by atomic mass is 10.1. The number of carbonyl (C=O) groups excluding carboxylic acids is 2. The van der Waals surface area contributed by atoms with Gasteiger partial charge in [-0.1, -0.05) is 0 Å². The molecule has 166 valence electrons. The summed E-state index contributed by atoms with van der Waals surface area (Å²) in [6, 6.07) is 4.03. The molecule has 3 heterocycles. The summed E-state index contributed by atoms with van der Waals surface area (Å²) in [7, 11) is -2.47. The molecule has 1 aromatic carbocycles. The number of nitrogens with two attached hydrogens (primary N) is 1. The molecule has 1 aromatic heterocycles. The van der Waals surface area contributed by atoms with Gasteiger partial charge in [0.15, 0.2) is 0 Å². The molecule has 1 saturated heterocycles. The highest BCUT2D eigenvalue weighted by atomic mass is 32.2. The Kier molecular flexibility index (Phi) is 5.71. The van der Waals surface area contributed by atoms with Crippen molar-refractivity contribution in [2.75, 3.05) is 33.3 Å². The van der Waals surface area contributed by atoms with Crippen LogP contribution >= 0.6 is 0 Å². The lowest BCUT2D eigenvalue weighted by Gasteiger charge is -2.34. The van der Waals surface area contributed by atoms with Crippen LogP contribution in [0.5, 0.6) is 5.75 Å². The molecule has 31 heavy (non-hydrogen) atoms. The second-order valence-electron chi connectivity index (χ2n) is 7.61. The number of amides is 2. The number of rotatable bonds is 5. The van der Waals surface area contributed by atoms with Crippen molar-refractivity contribution in [3.63, 3.8) is 0 Å². The number of aryl methyl sites for hydroxylation is 1. The number of aromatic nitrogens is 2. The quantitative estimate of drug-likeness (QED) is 0.710. The Labute approximate surface area is 180 Å². The first-order chi connectivity index (χ1) is 14.8. The molecule has 11 heteroatoms. The first-order valence-electron chi connectivity index (χ1n) is 10.1. The van der Waals surface area contributed by atoms with E-state index in [1.165, 1.54) is 29.6 Å². The van der Waals surface area contributed by atoms with E-state index >= 15 is 0 Å². The summed E-state index contributed by atoms with van der Waals surface area (Å²) in [6.45, 7) is 1.71. The fraction of sp³-hybridized carbons (Fsp3) is 0.450. The van der Waals surface area contributed by atoms with Gasteiger partial charge in [0, 0.05) is 32.7 Å². The Hall–Kier alpha value is -2.92. The highest BCUT2D eigenvalue weighted by Gasteiger charge is 2.32. The van der Waals surface area contributed by atoms with Gasteiger partial charge in [-0.05, 0) is 37.5 Å². The maximum absolute atomic E-state index is 13.1. The summed E-state index contributed by atoms with van der Waals surface area (Å²) in [5.41, 5.74) is 6.92. The van der Waals surface area contributed by atoms with Crippen molar-refractivity contribution in [3.05, 3.63) is 41.2 Å². The normalized spacial score (nSPS) is 17.3. The molecule has 2 aliphatic heterocycles. The molecule has 0 atom stereocenters. The fourth-order valence-electron chi connectivity index (χ4n) is 4.09. The highest BCUT2D eigenvalue weighted by Crippen LogP contribution is 2.26. The van der Waals surface area contributed by atoms with Gasteiger partial charge in [-0.25, -0.2) is 8.42 Å². The second-order valence-corrected chi connectivity index (χ2v) is 9.55. The summed E-state index contributed by atoms with van der Waals surface area (Å²) in [4.78, 5) is 26.3. The number of hydrogen-bond donors (Lipinski definition) is 1. The van der Waals surface area contributed by atoms with Crippen LogP contribution in [0.2, 0.25) is 0 Å². The van der Waals surface area contributed by atoms with E-state index in [0.717, 1.165) is 31.5 Å². The van der Waals surface area contributed by atoms with E-state index < -0.39 is 15.9 Å². The number of benzene rings is 1. The van der Waals surface area contributed by atoms with Gasteiger partial charge in [-0.3, -0.25) is 14.3 Å². The summed E-state index contributed by atoms with van der Waals surface area (Å²) >= 11 is 0. The van der Waals surface area contributed by atoms with Gasteiger partial charge in [0.1, 0.15) is 5.75 Å². The number of ether oxygens (including phenoxy) is 1. The van der Waals surface area contributed by atoms with Gasteiger partial charge >= 0.3 is 0 Å². The Morgan fingerprint density at radius 1 is 1.06 bits per heavy atom.